The van der Waals surface area contributed by atoms with Gasteiger partial charge in [-0.3, -0.25) is 38.2 Å². The molecule has 3 aliphatic heterocycles. The number of carbonyl (C=O) groups excluding carboxylic acids is 4. The number of imide groups is 1. The Morgan fingerprint density at radius 3 is 1.49 bits per heavy atom. The lowest BCUT2D eigenvalue weighted by molar-refractivity contribution is -0.141. The Bertz CT molecular complexity index is 3720. The highest BCUT2D eigenvalue weighted by Crippen LogP contribution is 2.53. The number of benzene rings is 3. The van der Waals surface area contributed by atoms with Crippen LogP contribution in [0.4, 0.5) is 0 Å². The van der Waals surface area contributed by atoms with E-state index in [1.165, 1.54) is 23.1 Å². The van der Waals surface area contributed by atoms with Crippen LogP contribution in [0.1, 0.15) is 118 Å². The first-order valence-electron chi connectivity index (χ1n) is 33.6. The summed E-state index contributed by atoms with van der Waals surface area (Å²) in [7, 11) is -13.0. The second-order valence-corrected chi connectivity index (χ2v) is 30.3. The van der Waals surface area contributed by atoms with Crippen molar-refractivity contribution in [1.29, 1.82) is 0 Å². The van der Waals surface area contributed by atoms with E-state index in [1.807, 2.05) is 34.6 Å². The summed E-state index contributed by atoms with van der Waals surface area (Å²) in [6, 6.07) is 6.54. The van der Waals surface area contributed by atoms with Gasteiger partial charge in [0.25, 0.3) is 26.1 Å². The van der Waals surface area contributed by atoms with E-state index in [2.05, 4.69) is 4.99 Å². The Morgan fingerprint density at radius 1 is 0.576 bits per heavy atom. The number of amides is 3. The van der Waals surface area contributed by atoms with Crippen molar-refractivity contribution in [3.63, 3.8) is 0 Å². The first kappa shape index (κ1) is 81.0. The Hall–Kier alpha value is -5.30. The molecule has 2 N–H and O–H groups in total. The zero-order chi connectivity index (χ0) is 72.0. The van der Waals surface area contributed by atoms with Crippen LogP contribution in [0.25, 0.3) is 5.57 Å². The van der Waals surface area contributed by atoms with E-state index in [4.69, 9.17) is 61.6 Å². The zero-order valence-electron chi connectivity index (χ0n) is 58.2. The molecule has 0 bridgehead atoms. The summed E-state index contributed by atoms with van der Waals surface area (Å²) >= 11 is 0. The van der Waals surface area contributed by atoms with Gasteiger partial charge in [-0.15, -0.1) is 0 Å². The number of sulfone groups is 1. The Labute approximate surface area is 580 Å². The molecule has 0 spiro atoms. The maximum atomic E-state index is 15.6. The molecule has 2 unspecified atom stereocenters. The fourth-order valence-corrected chi connectivity index (χ4v) is 14.2. The first-order valence-corrected chi connectivity index (χ1v) is 38.3. The highest BCUT2D eigenvalue weighted by Gasteiger charge is 2.46. The van der Waals surface area contributed by atoms with Crippen molar-refractivity contribution in [2.24, 2.45) is 10.9 Å². The lowest BCUT2D eigenvalue weighted by Crippen LogP contribution is -2.36. The van der Waals surface area contributed by atoms with Crippen LogP contribution in [0.2, 0.25) is 0 Å². The highest BCUT2D eigenvalue weighted by molar-refractivity contribution is 7.90. The number of Topliss-reactive ketones (excluding diaryl/α,β-unsaturated/α-hetero) is 1. The van der Waals surface area contributed by atoms with Gasteiger partial charge in [-0.2, -0.15) is 16.8 Å². The van der Waals surface area contributed by atoms with Crippen molar-refractivity contribution in [3.05, 3.63) is 74.3 Å². The van der Waals surface area contributed by atoms with E-state index in [-0.39, 0.29) is 133 Å². The Balaban J connectivity index is 0.948. The van der Waals surface area contributed by atoms with Crippen molar-refractivity contribution >= 4 is 59.2 Å². The molecule has 554 valence electrons. The third-order valence-electron chi connectivity index (χ3n) is 18.0. The molecule has 28 nitrogen and oxygen atoms in total. The molecule has 3 heterocycles. The summed E-state index contributed by atoms with van der Waals surface area (Å²) in [4.78, 5) is 58.5. The van der Waals surface area contributed by atoms with Gasteiger partial charge in [0.2, 0.25) is 11.8 Å². The van der Waals surface area contributed by atoms with Crippen LogP contribution < -0.4 is 15.3 Å². The van der Waals surface area contributed by atoms with Gasteiger partial charge in [0.05, 0.1) is 175 Å². The Kier molecular flexibility index (Phi) is 31.3. The quantitative estimate of drug-likeness (QED) is 0.0354. The standard InChI is InChI=1S/C68H99N3O25S3/c1-47-42-53-56(67(47,3)4)44-54-60(55-45-57-61(69-48(2)68(57,5)6)65(99(81,82)83)63(55)96-62(54)64(53)98(78,79)80)52-43-50(97(8,76)77)13-14-51(52)66(75)70(17-11-9-10-12-49(72)46-71-58(73)15-16-59(71)74)18-19-85-22-23-87-26-27-89-30-31-91-34-35-93-38-39-95-41-40-94-37-36-92-33-32-90-29-28-88-25-24-86-21-20-84-7/h13-14,43-45,47-48H,9-12,15-42,46H2,1-8H3,(H,78,79,80)(H,81,82,83). The minimum absolute atomic E-state index is 0.0141. The highest BCUT2D eigenvalue weighted by atomic mass is 32.2. The van der Waals surface area contributed by atoms with Crippen LogP contribution in [-0.4, -0.2) is 259 Å². The molecule has 1 aliphatic carbocycles. The second kappa shape index (κ2) is 38.3. The van der Waals surface area contributed by atoms with Crippen LogP contribution in [0.5, 0.6) is 11.5 Å². The number of fused-ring (bicyclic) bond motifs is 4. The van der Waals surface area contributed by atoms with Gasteiger partial charge in [-0.25, -0.2) is 8.42 Å². The normalized spacial score (nSPS) is 17.0. The maximum absolute atomic E-state index is 15.6. The topological polar surface area (TPSA) is 350 Å². The Morgan fingerprint density at radius 2 is 1.04 bits per heavy atom. The van der Waals surface area contributed by atoms with Crippen LogP contribution in [0.3, 0.4) is 0 Å². The lowest BCUT2D eigenvalue weighted by Gasteiger charge is -2.31. The van der Waals surface area contributed by atoms with Crippen LogP contribution in [0, 0.1) is 5.92 Å². The lowest BCUT2D eigenvalue weighted by atomic mass is 9.77. The monoisotopic (exact) mass is 1450 g/mol. The fourth-order valence-electron chi connectivity index (χ4n) is 11.8. The van der Waals surface area contributed by atoms with E-state index in [9.17, 15) is 48.7 Å². The summed E-state index contributed by atoms with van der Waals surface area (Å²) in [5.41, 5.74) is -0.795. The summed E-state index contributed by atoms with van der Waals surface area (Å²) < 4.78 is 178. The van der Waals surface area contributed by atoms with Crippen LogP contribution in [-0.2, 0) is 119 Å². The SMILES string of the molecule is COCCOCCOCCOCCOCCOCCOCCOCCOCCOCCOCCOCCN(CCCCCC(=O)CN1C(=O)CCC1=O)C(=O)c1ccc(S(C)(=O)=O)cc1C1=c2cc3c(c(S(=O)(=O)O)c2Oc2c1cc1c(c2S(=O)(=O)O)CC(C)C1(C)C)=NC(C)C3(C)C. The summed E-state index contributed by atoms with van der Waals surface area (Å²) in [6.45, 7) is 19.6. The molecule has 7 rings (SSSR count). The van der Waals surface area contributed by atoms with Crippen molar-refractivity contribution in [3.8, 4) is 11.5 Å². The number of nitrogens with zero attached hydrogens (tertiary/aromatic N) is 3. The molecule has 3 amide bonds. The minimum atomic E-state index is -5.30. The van der Waals surface area contributed by atoms with Gasteiger partial charge in [-0.05, 0) is 90.1 Å². The van der Waals surface area contributed by atoms with Crippen molar-refractivity contribution < 1.29 is 115 Å². The van der Waals surface area contributed by atoms with Gasteiger partial charge < -0.3 is 66.5 Å². The predicted molar refractivity (Wildman–Crippen MR) is 359 cm³/mol. The predicted octanol–water partition coefficient (Wildman–Crippen LogP) is 4.26. The summed E-state index contributed by atoms with van der Waals surface area (Å²) in [6.07, 6.45) is 2.39. The largest absolute Gasteiger partial charge is 0.453 e. The first-order chi connectivity index (χ1) is 47.1. The smallest absolute Gasteiger partial charge is 0.300 e. The number of methoxy groups -OCH3 is 1. The van der Waals surface area contributed by atoms with Crippen LogP contribution in [0.15, 0.2) is 50.0 Å². The molecule has 1 fully saturated rings. The van der Waals surface area contributed by atoms with E-state index in [0.717, 1.165) is 11.2 Å². The molecule has 2 atom stereocenters. The molecule has 31 heteroatoms. The van der Waals surface area contributed by atoms with E-state index >= 15 is 4.79 Å². The second-order valence-electron chi connectivity index (χ2n) is 25.6. The molecule has 1 saturated heterocycles. The van der Waals surface area contributed by atoms with Gasteiger partial charge in [0, 0.05) is 73.1 Å². The molecular weight excluding hydrogens is 1350 g/mol. The molecule has 0 saturated carbocycles. The molecule has 99 heavy (non-hydrogen) atoms. The van der Waals surface area contributed by atoms with E-state index in [1.54, 1.807) is 26.2 Å². The minimum Gasteiger partial charge on any atom is -0.453 e. The third-order valence-corrected chi connectivity index (χ3v) is 21.0. The van der Waals surface area contributed by atoms with E-state index < -0.39 is 86.0 Å². The number of likely N-dealkylation sites (tertiary alicyclic amines) is 1. The number of carbonyl (C=O) groups is 4. The molecular formula is C68H99N3O25S3. The average molecular weight is 1450 g/mol. The zero-order valence-corrected chi connectivity index (χ0v) is 60.7. The molecule has 4 aliphatic rings. The van der Waals surface area contributed by atoms with Crippen molar-refractivity contribution in [2.75, 3.05) is 185 Å². The molecule has 0 aromatic heterocycles. The summed E-state index contributed by atoms with van der Waals surface area (Å²) in [5.74, 6) is -3.03. The average Bonchev–Trinajstić information content (AvgIpc) is 1.69. The third kappa shape index (κ3) is 22.6. The molecule has 0 radical (unpaired) electrons. The fraction of sp³-hybridized carbons (Fsp3) is 0.662. The van der Waals surface area contributed by atoms with Gasteiger partial charge in [0.1, 0.15) is 4.90 Å². The van der Waals surface area contributed by atoms with Crippen molar-refractivity contribution in [2.45, 2.75) is 118 Å². The van der Waals surface area contributed by atoms with Crippen molar-refractivity contribution in [1.82, 2.24) is 9.80 Å². The maximum Gasteiger partial charge on any atom is 0.300 e. The van der Waals surface area contributed by atoms with Crippen LogP contribution >= 0.6 is 0 Å². The number of rotatable bonds is 49. The number of hydrogen-bond donors (Lipinski definition) is 2. The van der Waals surface area contributed by atoms with Gasteiger partial charge >= 0.3 is 0 Å². The molecule has 3 aromatic carbocycles. The number of ether oxygens (including phenoxy) is 13. The number of unbranched alkanes of at least 4 members (excludes halogenated alkanes) is 2. The molecule has 3 aromatic rings. The van der Waals surface area contributed by atoms with Gasteiger partial charge in [0.15, 0.2) is 32.0 Å². The number of ketones is 1. The summed E-state index contributed by atoms with van der Waals surface area (Å²) in [5, 5.41) is -0.185. The van der Waals surface area contributed by atoms with Gasteiger partial charge in [-0.1, -0.05) is 41.0 Å². The number of hydrogen-bond acceptors (Lipinski definition) is 24. The van der Waals surface area contributed by atoms with E-state index in [0.29, 0.717) is 149 Å².